The Kier molecular flexibility index (Phi) is 6.36. The molecule has 190 valence electrons. The van der Waals surface area contributed by atoms with Crippen LogP contribution in [0.1, 0.15) is 33.6 Å². The minimum Gasteiger partial charge on any atom is -0.457 e. The van der Waals surface area contributed by atoms with Crippen molar-refractivity contribution in [3.05, 3.63) is 88.0 Å². The van der Waals surface area contributed by atoms with Gasteiger partial charge in [-0.2, -0.15) is 0 Å². The molecule has 1 fully saturated rings. The molecule has 0 radical (unpaired) electrons. The summed E-state index contributed by atoms with van der Waals surface area (Å²) in [6.07, 6.45) is 1.54. The molecule has 0 bridgehead atoms. The molecule has 3 aromatic carbocycles. The first-order valence-electron chi connectivity index (χ1n) is 11.4. The summed E-state index contributed by atoms with van der Waals surface area (Å²) in [6.45, 7) is 0.828. The number of fused-ring (bicyclic) bond motifs is 1. The van der Waals surface area contributed by atoms with Gasteiger partial charge in [0.2, 0.25) is 0 Å². The fourth-order valence-corrected chi connectivity index (χ4v) is 5.26. The number of amides is 2. The van der Waals surface area contributed by atoms with Crippen LogP contribution in [0.15, 0.2) is 71.6 Å². The molecule has 12 heteroatoms. The maximum atomic E-state index is 12.9. The first-order chi connectivity index (χ1) is 17.7. The predicted octanol–water partition coefficient (Wildman–Crippen LogP) is 3.96. The van der Waals surface area contributed by atoms with Crippen LogP contribution in [0.2, 0.25) is 0 Å². The summed E-state index contributed by atoms with van der Waals surface area (Å²) in [5, 5.41) is 10.8. The van der Waals surface area contributed by atoms with E-state index in [0.29, 0.717) is 17.9 Å². The lowest BCUT2D eigenvalue weighted by Gasteiger charge is -2.17. The molecule has 2 amide bonds. The number of nitrogens with zero attached hydrogens (tertiary/aromatic N) is 2. The largest absolute Gasteiger partial charge is 0.457 e. The van der Waals surface area contributed by atoms with Crippen molar-refractivity contribution >= 4 is 33.2 Å². The third kappa shape index (κ3) is 5.01. The highest BCUT2D eigenvalue weighted by Crippen LogP contribution is 2.31. The summed E-state index contributed by atoms with van der Waals surface area (Å²) in [5.41, 5.74) is 0.500. The minimum atomic E-state index is -4.01. The number of rotatable bonds is 8. The quantitative estimate of drug-likeness (QED) is 0.265. The lowest BCUT2D eigenvalue weighted by Crippen LogP contribution is -2.36. The summed E-state index contributed by atoms with van der Waals surface area (Å²) in [5.74, 6) is -0.193. The van der Waals surface area contributed by atoms with Gasteiger partial charge < -0.3 is 9.47 Å². The highest BCUT2D eigenvalue weighted by Gasteiger charge is 2.37. The van der Waals surface area contributed by atoms with E-state index >= 15 is 0 Å². The summed E-state index contributed by atoms with van der Waals surface area (Å²) in [7, 11) is -4.01. The highest BCUT2D eigenvalue weighted by molar-refractivity contribution is 7.92. The number of carbonyl (C=O) groups excluding carboxylic acids is 2. The van der Waals surface area contributed by atoms with Crippen LogP contribution in [0.4, 0.5) is 11.4 Å². The van der Waals surface area contributed by atoms with E-state index in [9.17, 15) is 28.1 Å². The maximum absolute atomic E-state index is 12.9. The number of sulfonamides is 1. The first kappa shape index (κ1) is 24.4. The lowest BCUT2D eigenvalue weighted by molar-refractivity contribution is -0.384. The van der Waals surface area contributed by atoms with Gasteiger partial charge in [0.1, 0.15) is 11.5 Å². The minimum absolute atomic E-state index is 0.140. The van der Waals surface area contributed by atoms with Crippen molar-refractivity contribution in [1.82, 2.24) is 4.90 Å². The number of hydrogen-bond donors (Lipinski definition) is 1. The van der Waals surface area contributed by atoms with Crippen molar-refractivity contribution in [2.45, 2.75) is 23.8 Å². The highest BCUT2D eigenvalue weighted by atomic mass is 32.2. The fourth-order valence-electron chi connectivity index (χ4n) is 4.21. The van der Waals surface area contributed by atoms with E-state index in [2.05, 4.69) is 4.72 Å². The van der Waals surface area contributed by atoms with Crippen molar-refractivity contribution in [2.75, 3.05) is 17.9 Å². The molecule has 1 N–H and O–H groups in total. The molecular formula is C25H21N3O8S. The molecule has 0 saturated carbocycles. The number of anilines is 1. The molecule has 0 aliphatic carbocycles. The standard InChI is InChI=1S/C25H21N3O8S/c29-24-22-11-8-19(14-23(22)25(30)27(24)15-20-5-2-12-35-20)36-18-4-1-3-16(13-18)26-37(33,34)21-9-6-17(7-10-21)28(31)32/h1,3-4,6-11,13-14,20,26H,2,5,12,15H2. The molecule has 2 aliphatic heterocycles. The number of nitrogens with one attached hydrogen (secondary N) is 1. The van der Waals surface area contributed by atoms with Crippen LogP contribution in [-0.2, 0) is 14.8 Å². The molecular weight excluding hydrogens is 502 g/mol. The van der Waals surface area contributed by atoms with Gasteiger partial charge >= 0.3 is 0 Å². The van der Waals surface area contributed by atoms with Crippen LogP contribution >= 0.6 is 0 Å². The van der Waals surface area contributed by atoms with Gasteiger partial charge in [0.25, 0.3) is 27.5 Å². The molecule has 37 heavy (non-hydrogen) atoms. The summed E-state index contributed by atoms with van der Waals surface area (Å²) in [4.78, 5) is 36.8. The predicted molar refractivity (Wildman–Crippen MR) is 131 cm³/mol. The normalized spacial score (nSPS) is 17.1. The van der Waals surface area contributed by atoms with Crippen molar-refractivity contribution in [2.24, 2.45) is 0 Å². The van der Waals surface area contributed by atoms with E-state index < -0.39 is 20.9 Å². The number of imide groups is 1. The van der Waals surface area contributed by atoms with Crippen LogP contribution in [0.25, 0.3) is 0 Å². The second-order valence-electron chi connectivity index (χ2n) is 8.55. The molecule has 0 spiro atoms. The molecule has 11 nitrogen and oxygen atoms in total. The Morgan fingerprint density at radius 3 is 2.43 bits per heavy atom. The van der Waals surface area contributed by atoms with Crippen LogP contribution in [0.3, 0.4) is 0 Å². The molecule has 1 atom stereocenters. The SMILES string of the molecule is O=C1c2ccc(Oc3cccc(NS(=O)(=O)c4ccc([N+](=O)[O-])cc4)c3)cc2C(=O)N1CC1CCCO1. The van der Waals surface area contributed by atoms with Crippen LogP contribution in [-0.4, -0.2) is 49.3 Å². The van der Waals surface area contributed by atoms with E-state index in [1.807, 2.05) is 0 Å². The van der Waals surface area contributed by atoms with Crippen molar-refractivity contribution in [3.8, 4) is 11.5 Å². The maximum Gasteiger partial charge on any atom is 0.269 e. The van der Waals surface area contributed by atoms with Gasteiger partial charge in [-0.25, -0.2) is 8.42 Å². The van der Waals surface area contributed by atoms with E-state index in [-0.39, 0.29) is 46.1 Å². The molecule has 5 rings (SSSR count). The van der Waals surface area contributed by atoms with Crippen molar-refractivity contribution in [3.63, 3.8) is 0 Å². The van der Waals surface area contributed by atoms with Crippen molar-refractivity contribution in [1.29, 1.82) is 0 Å². The van der Waals surface area contributed by atoms with Gasteiger partial charge in [-0.15, -0.1) is 0 Å². The van der Waals surface area contributed by atoms with Crippen LogP contribution in [0, 0.1) is 10.1 Å². The number of non-ortho nitro benzene ring substituents is 1. The Labute approximate surface area is 211 Å². The van der Waals surface area contributed by atoms with Crippen LogP contribution < -0.4 is 9.46 Å². The van der Waals surface area contributed by atoms with Gasteiger partial charge in [0.05, 0.1) is 39.3 Å². The summed E-state index contributed by atoms with van der Waals surface area (Å²) in [6, 6.07) is 15.2. The Morgan fingerprint density at radius 2 is 1.73 bits per heavy atom. The summed E-state index contributed by atoms with van der Waals surface area (Å²) < 4.78 is 39.2. The van der Waals surface area contributed by atoms with Gasteiger partial charge in [0, 0.05) is 24.8 Å². The number of ether oxygens (including phenoxy) is 2. The number of carbonyl (C=O) groups is 2. The van der Waals surface area contributed by atoms with Crippen LogP contribution in [0.5, 0.6) is 11.5 Å². The van der Waals surface area contributed by atoms with Gasteiger partial charge in [-0.1, -0.05) is 6.07 Å². The molecule has 3 aromatic rings. The number of nitro groups is 1. The topological polar surface area (TPSA) is 145 Å². The average Bonchev–Trinajstić information content (AvgIpc) is 3.47. The average molecular weight is 524 g/mol. The molecule has 1 unspecified atom stereocenters. The third-order valence-electron chi connectivity index (χ3n) is 6.03. The zero-order valence-corrected chi connectivity index (χ0v) is 20.1. The third-order valence-corrected chi connectivity index (χ3v) is 7.43. The first-order valence-corrected chi connectivity index (χ1v) is 12.9. The molecule has 0 aromatic heterocycles. The fraction of sp³-hybridized carbons (Fsp3) is 0.200. The van der Waals surface area contributed by atoms with E-state index in [4.69, 9.17) is 9.47 Å². The molecule has 2 heterocycles. The lowest BCUT2D eigenvalue weighted by atomic mass is 10.1. The molecule has 1 saturated heterocycles. The van der Waals surface area contributed by atoms with E-state index in [1.165, 1.54) is 29.2 Å². The van der Waals surface area contributed by atoms with E-state index in [1.54, 1.807) is 18.2 Å². The van der Waals surface area contributed by atoms with Gasteiger partial charge in [-0.3, -0.25) is 29.3 Å². The molecule has 2 aliphatic rings. The van der Waals surface area contributed by atoms with Gasteiger partial charge in [0.15, 0.2) is 0 Å². The number of nitro benzene ring substituents is 1. The monoisotopic (exact) mass is 523 g/mol. The van der Waals surface area contributed by atoms with Crippen molar-refractivity contribution < 1.29 is 32.4 Å². The smallest absolute Gasteiger partial charge is 0.269 e. The summed E-state index contributed by atoms with van der Waals surface area (Å²) >= 11 is 0. The Morgan fingerprint density at radius 1 is 1.00 bits per heavy atom. The zero-order chi connectivity index (χ0) is 26.2. The Hall–Kier alpha value is -4.29. The second-order valence-corrected chi connectivity index (χ2v) is 10.2. The number of hydrogen-bond acceptors (Lipinski definition) is 8. The number of benzene rings is 3. The Balaban J connectivity index is 1.30. The second kappa shape index (κ2) is 9.64. The Bertz CT molecular complexity index is 1500. The van der Waals surface area contributed by atoms with Gasteiger partial charge in [-0.05, 0) is 55.3 Å². The zero-order valence-electron chi connectivity index (χ0n) is 19.3. The van der Waals surface area contributed by atoms with E-state index in [0.717, 1.165) is 37.1 Å².